The van der Waals surface area contributed by atoms with E-state index in [1.165, 1.54) is 5.56 Å². The lowest BCUT2D eigenvalue weighted by molar-refractivity contribution is -0.143. The van der Waals surface area contributed by atoms with Crippen molar-refractivity contribution in [3.8, 4) is 0 Å². The van der Waals surface area contributed by atoms with Gasteiger partial charge in [0.1, 0.15) is 6.04 Å². The van der Waals surface area contributed by atoms with Gasteiger partial charge in [-0.1, -0.05) is 37.3 Å². The van der Waals surface area contributed by atoms with Gasteiger partial charge in [0, 0.05) is 32.0 Å². The number of benzene rings is 1. The van der Waals surface area contributed by atoms with E-state index in [9.17, 15) is 9.59 Å². The molecule has 26 heavy (non-hydrogen) atoms. The summed E-state index contributed by atoms with van der Waals surface area (Å²) in [5, 5.41) is 0. The highest BCUT2D eigenvalue weighted by molar-refractivity contribution is 5.88. The summed E-state index contributed by atoms with van der Waals surface area (Å²) in [6, 6.07) is 10.0. The molecule has 2 heterocycles. The number of rotatable bonds is 5. The molecular formula is C20H30ClN3O2. The molecular weight excluding hydrogens is 350 g/mol. The summed E-state index contributed by atoms with van der Waals surface area (Å²) in [4.78, 5) is 29.2. The quantitative estimate of drug-likeness (QED) is 0.854. The summed E-state index contributed by atoms with van der Waals surface area (Å²) >= 11 is 0. The first-order valence-corrected chi connectivity index (χ1v) is 9.49. The van der Waals surface area contributed by atoms with Gasteiger partial charge in [0.15, 0.2) is 0 Å². The molecule has 1 aromatic rings. The fourth-order valence-corrected chi connectivity index (χ4v) is 4.26. The molecule has 1 aromatic carbocycles. The number of amides is 2. The predicted octanol–water partition coefficient (Wildman–Crippen LogP) is 2.40. The van der Waals surface area contributed by atoms with Gasteiger partial charge in [-0.2, -0.15) is 0 Å². The molecule has 2 amide bonds. The van der Waals surface area contributed by atoms with Crippen molar-refractivity contribution >= 4 is 24.2 Å². The van der Waals surface area contributed by atoms with Gasteiger partial charge in [0.2, 0.25) is 11.8 Å². The minimum Gasteiger partial charge on any atom is -0.340 e. The first kappa shape index (κ1) is 20.7. The molecule has 0 aromatic heterocycles. The standard InChI is InChI=1S/C20H29N3O2.ClH/c1-2-7-19(24)23-11-6-10-18(23)20(25)22-13-16(12-21)17(14-22)15-8-4-3-5-9-15;/h3-5,8-9,16-18H,2,6-7,10-14,21H2,1H3;1H/t16-,17+,18?;/m1./s1. The average molecular weight is 380 g/mol. The Morgan fingerprint density at radius 3 is 2.58 bits per heavy atom. The zero-order valence-electron chi connectivity index (χ0n) is 15.5. The third kappa shape index (κ3) is 4.21. The Kier molecular flexibility index (Phi) is 7.47. The second kappa shape index (κ2) is 9.38. The molecule has 2 aliphatic heterocycles. The van der Waals surface area contributed by atoms with Crippen molar-refractivity contribution in [1.29, 1.82) is 0 Å². The van der Waals surface area contributed by atoms with Crippen LogP contribution in [0, 0.1) is 5.92 Å². The second-order valence-electron chi connectivity index (χ2n) is 7.25. The number of hydrogen-bond acceptors (Lipinski definition) is 3. The number of nitrogens with zero attached hydrogens (tertiary/aromatic N) is 2. The lowest BCUT2D eigenvalue weighted by Crippen LogP contribution is -2.47. The van der Waals surface area contributed by atoms with E-state index < -0.39 is 0 Å². The number of carbonyl (C=O) groups is 2. The molecule has 2 N–H and O–H groups in total. The summed E-state index contributed by atoms with van der Waals surface area (Å²) < 4.78 is 0. The highest BCUT2D eigenvalue weighted by Gasteiger charge is 2.41. The highest BCUT2D eigenvalue weighted by Crippen LogP contribution is 2.33. The van der Waals surface area contributed by atoms with Crippen molar-refractivity contribution < 1.29 is 9.59 Å². The molecule has 0 bridgehead atoms. The first-order valence-electron chi connectivity index (χ1n) is 9.49. The fourth-order valence-electron chi connectivity index (χ4n) is 4.26. The predicted molar refractivity (Wildman–Crippen MR) is 105 cm³/mol. The van der Waals surface area contributed by atoms with Gasteiger partial charge in [0.05, 0.1) is 0 Å². The van der Waals surface area contributed by atoms with Gasteiger partial charge in [-0.15, -0.1) is 12.4 Å². The lowest BCUT2D eigenvalue weighted by Gasteiger charge is -2.28. The smallest absolute Gasteiger partial charge is 0.245 e. The van der Waals surface area contributed by atoms with Gasteiger partial charge < -0.3 is 15.5 Å². The normalized spacial score (nSPS) is 25.2. The van der Waals surface area contributed by atoms with Gasteiger partial charge in [-0.3, -0.25) is 9.59 Å². The van der Waals surface area contributed by atoms with Crippen LogP contribution in [0.4, 0.5) is 0 Å². The number of carbonyl (C=O) groups excluding carboxylic acids is 2. The van der Waals surface area contributed by atoms with Crippen LogP contribution < -0.4 is 5.73 Å². The molecule has 2 fully saturated rings. The topological polar surface area (TPSA) is 66.6 Å². The molecule has 3 atom stereocenters. The Bertz CT molecular complexity index is 610. The van der Waals surface area contributed by atoms with E-state index in [4.69, 9.17) is 5.73 Å². The lowest BCUT2D eigenvalue weighted by atomic mass is 9.89. The monoisotopic (exact) mass is 379 g/mol. The summed E-state index contributed by atoms with van der Waals surface area (Å²) in [5.41, 5.74) is 7.24. The molecule has 144 valence electrons. The van der Waals surface area contributed by atoms with Crippen molar-refractivity contribution in [2.75, 3.05) is 26.2 Å². The minimum absolute atomic E-state index is 0. The molecule has 0 radical (unpaired) electrons. The van der Waals surface area contributed by atoms with Crippen molar-refractivity contribution in [2.24, 2.45) is 11.7 Å². The molecule has 0 aliphatic carbocycles. The Hall–Kier alpha value is -1.59. The van der Waals surface area contributed by atoms with Crippen molar-refractivity contribution in [2.45, 2.75) is 44.6 Å². The number of hydrogen-bond donors (Lipinski definition) is 1. The zero-order valence-corrected chi connectivity index (χ0v) is 16.3. The van der Waals surface area contributed by atoms with E-state index in [0.717, 1.165) is 19.3 Å². The Morgan fingerprint density at radius 1 is 1.19 bits per heavy atom. The van der Waals surface area contributed by atoms with Crippen LogP contribution in [0.5, 0.6) is 0 Å². The van der Waals surface area contributed by atoms with E-state index in [-0.39, 0.29) is 42.1 Å². The maximum atomic E-state index is 13.1. The van der Waals surface area contributed by atoms with Gasteiger partial charge in [-0.25, -0.2) is 0 Å². The van der Waals surface area contributed by atoms with Crippen LogP contribution in [-0.4, -0.2) is 53.8 Å². The largest absolute Gasteiger partial charge is 0.340 e. The SMILES string of the molecule is CCCC(=O)N1CCCC1C(=O)N1C[C@@H](CN)[C@H](c2ccccc2)C1.Cl. The highest BCUT2D eigenvalue weighted by atomic mass is 35.5. The maximum Gasteiger partial charge on any atom is 0.245 e. The Balaban J connectivity index is 0.00000243. The summed E-state index contributed by atoms with van der Waals surface area (Å²) in [6.07, 6.45) is 3.06. The molecule has 5 nitrogen and oxygen atoms in total. The van der Waals surface area contributed by atoms with Crippen LogP contribution in [0.1, 0.15) is 44.1 Å². The molecule has 1 unspecified atom stereocenters. The van der Waals surface area contributed by atoms with Gasteiger partial charge in [0.25, 0.3) is 0 Å². The maximum absolute atomic E-state index is 13.1. The zero-order chi connectivity index (χ0) is 17.8. The number of nitrogens with two attached hydrogens (primary N) is 1. The van der Waals surface area contributed by atoms with Gasteiger partial charge in [-0.05, 0) is 37.3 Å². The number of halogens is 1. The summed E-state index contributed by atoms with van der Waals surface area (Å²) in [6.45, 7) is 4.69. The van der Waals surface area contributed by atoms with Crippen molar-refractivity contribution in [3.05, 3.63) is 35.9 Å². The summed E-state index contributed by atoms with van der Waals surface area (Å²) in [5.74, 6) is 0.801. The summed E-state index contributed by atoms with van der Waals surface area (Å²) in [7, 11) is 0. The van der Waals surface area contributed by atoms with Crippen LogP contribution in [0.3, 0.4) is 0 Å². The van der Waals surface area contributed by atoms with E-state index >= 15 is 0 Å². The number of likely N-dealkylation sites (tertiary alicyclic amines) is 2. The van der Waals surface area contributed by atoms with Gasteiger partial charge >= 0.3 is 0 Å². The third-order valence-electron chi connectivity index (χ3n) is 5.61. The van der Waals surface area contributed by atoms with E-state index in [2.05, 4.69) is 12.1 Å². The Morgan fingerprint density at radius 2 is 1.92 bits per heavy atom. The first-order chi connectivity index (χ1) is 12.2. The van der Waals surface area contributed by atoms with E-state index in [0.29, 0.717) is 32.6 Å². The molecule has 0 spiro atoms. The Labute approximate surface area is 162 Å². The van der Waals surface area contributed by atoms with Crippen LogP contribution in [0.25, 0.3) is 0 Å². The minimum atomic E-state index is -0.271. The second-order valence-corrected chi connectivity index (χ2v) is 7.25. The van der Waals surface area contributed by atoms with Crippen LogP contribution >= 0.6 is 12.4 Å². The van der Waals surface area contributed by atoms with Crippen molar-refractivity contribution in [1.82, 2.24) is 9.80 Å². The molecule has 0 saturated carbocycles. The molecule has 2 saturated heterocycles. The van der Waals surface area contributed by atoms with Crippen LogP contribution in [-0.2, 0) is 9.59 Å². The van der Waals surface area contributed by atoms with E-state index in [1.54, 1.807) is 4.90 Å². The average Bonchev–Trinajstić information content (AvgIpc) is 3.29. The van der Waals surface area contributed by atoms with Crippen LogP contribution in [0.15, 0.2) is 30.3 Å². The fraction of sp³-hybridized carbons (Fsp3) is 0.600. The van der Waals surface area contributed by atoms with Crippen LogP contribution in [0.2, 0.25) is 0 Å². The molecule has 6 heteroatoms. The third-order valence-corrected chi connectivity index (χ3v) is 5.61. The molecule has 3 rings (SSSR count). The van der Waals surface area contributed by atoms with E-state index in [1.807, 2.05) is 30.0 Å². The molecule has 2 aliphatic rings. The van der Waals surface area contributed by atoms with Crippen molar-refractivity contribution in [3.63, 3.8) is 0 Å².